The molecule has 0 unspecified atom stereocenters. The molecule has 0 radical (unpaired) electrons. The molecule has 0 atom stereocenters. The number of fused-ring (bicyclic) bond motifs is 2. The normalized spacial score (nSPS) is 16.0. The number of nitrogens with zero attached hydrogens (tertiary/aromatic N) is 1. The Kier molecular flexibility index (Phi) is 6.46. The molecule has 1 aliphatic carbocycles. The fourth-order valence-electron chi connectivity index (χ4n) is 4.58. The number of aryl methyl sites for hydroxylation is 1. The highest BCUT2D eigenvalue weighted by Crippen LogP contribution is 2.37. The van der Waals surface area contributed by atoms with E-state index in [0.29, 0.717) is 36.3 Å². The Morgan fingerprint density at radius 1 is 1.23 bits per heavy atom. The number of hydrogen-bond acceptors (Lipinski definition) is 6. The number of esters is 1. The van der Waals surface area contributed by atoms with Gasteiger partial charge in [0.1, 0.15) is 0 Å². The summed E-state index contributed by atoms with van der Waals surface area (Å²) in [6.07, 6.45) is 6.17. The van der Waals surface area contributed by atoms with E-state index in [-0.39, 0.29) is 24.1 Å². The predicted octanol–water partition coefficient (Wildman–Crippen LogP) is 5.33. The van der Waals surface area contributed by atoms with Gasteiger partial charge >= 0.3 is 5.97 Å². The second kappa shape index (κ2) is 9.84. The monoisotopic (exact) mass is 487 g/mol. The number of aromatic nitrogens is 1. The number of ether oxygens (including phenoxy) is 1. The van der Waals surface area contributed by atoms with Crippen molar-refractivity contribution in [3.63, 3.8) is 0 Å². The van der Waals surface area contributed by atoms with Crippen LogP contribution in [-0.4, -0.2) is 35.5 Å². The summed E-state index contributed by atoms with van der Waals surface area (Å²) in [6.45, 7) is 2.08. The van der Waals surface area contributed by atoms with Crippen LogP contribution in [-0.2, 0) is 27.2 Å². The summed E-state index contributed by atoms with van der Waals surface area (Å²) in [6, 6.07) is 7.58. The second-order valence-corrected chi connectivity index (χ2v) is 9.29. The third-order valence-electron chi connectivity index (χ3n) is 6.19. The van der Waals surface area contributed by atoms with Crippen LogP contribution in [0, 0.1) is 0 Å². The lowest BCUT2D eigenvalue weighted by Gasteiger charge is -2.11. The lowest BCUT2D eigenvalue weighted by Crippen LogP contribution is -2.12. The van der Waals surface area contributed by atoms with E-state index < -0.39 is 0 Å². The number of aliphatic imine (C=N–C) groups is 1. The first-order chi connectivity index (χ1) is 17.0. The molecule has 0 bridgehead atoms. The Hall–Kier alpha value is -3.78. The molecule has 0 saturated carbocycles. The van der Waals surface area contributed by atoms with Crippen LogP contribution < -0.4 is 5.32 Å². The first kappa shape index (κ1) is 23.0. The van der Waals surface area contributed by atoms with Crippen LogP contribution in [0.5, 0.6) is 0 Å². The quantitative estimate of drug-likeness (QED) is 0.267. The van der Waals surface area contributed by atoms with Crippen LogP contribution in [0.4, 0.5) is 11.4 Å². The Balaban J connectivity index is 1.52. The van der Waals surface area contributed by atoms with Gasteiger partial charge in [-0.15, -0.1) is 0 Å². The molecule has 2 aliphatic rings. The molecule has 35 heavy (non-hydrogen) atoms. The topological polar surface area (TPSA) is 101 Å². The Labute approximate surface area is 206 Å². The summed E-state index contributed by atoms with van der Waals surface area (Å²) in [7, 11) is 0. The van der Waals surface area contributed by atoms with Gasteiger partial charge in [-0.1, -0.05) is 0 Å². The number of H-pyrrole nitrogens is 1. The number of nitrogens with one attached hydrogen (secondary N) is 2. The summed E-state index contributed by atoms with van der Waals surface area (Å²) in [5, 5.41) is 6.92. The van der Waals surface area contributed by atoms with Crippen molar-refractivity contribution < 1.29 is 19.1 Å². The number of Topliss-reactive ketones (excluding diaryl/α,β-unsaturated/α-hetero) is 1. The molecule has 3 aromatic rings. The number of thiophene rings is 1. The SMILES string of the molecule is CCOC(=O)CCc1c(C=C2C(=O)Nc3ccc(N=Cc4ccsc4)cc32)[nH]c2c1C(=O)CCC2. The maximum Gasteiger partial charge on any atom is 0.306 e. The summed E-state index contributed by atoms with van der Waals surface area (Å²) in [5.74, 6) is -0.442. The highest BCUT2D eigenvalue weighted by Gasteiger charge is 2.29. The van der Waals surface area contributed by atoms with Crippen molar-refractivity contribution in [3.05, 3.63) is 68.7 Å². The molecule has 0 saturated heterocycles. The fraction of sp³-hybridized carbons (Fsp3) is 0.259. The van der Waals surface area contributed by atoms with E-state index in [0.717, 1.165) is 46.6 Å². The summed E-state index contributed by atoms with van der Waals surface area (Å²) in [5.41, 5.74) is 6.74. The number of amides is 1. The molecule has 1 amide bonds. The predicted molar refractivity (Wildman–Crippen MR) is 138 cm³/mol. The molecule has 178 valence electrons. The van der Waals surface area contributed by atoms with Gasteiger partial charge in [0.25, 0.3) is 5.91 Å². The minimum absolute atomic E-state index is 0.0762. The minimum atomic E-state index is -0.304. The van der Waals surface area contributed by atoms with Gasteiger partial charge in [-0.25, -0.2) is 0 Å². The maximum atomic E-state index is 12.9. The van der Waals surface area contributed by atoms with Crippen molar-refractivity contribution in [2.24, 2.45) is 4.99 Å². The summed E-state index contributed by atoms with van der Waals surface area (Å²) < 4.78 is 5.08. The molecule has 7 nitrogen and oxygen atoms in total. The lowest BCUT2D eigenvalue weighted by molar-refractivity contribution is -0.143. The van der Waals surface area contributed by atoms with E-state index in [9.17, 15) is 14.4 Å². The Morgan fingerprint density at radius 2 is 2.11 bits per heavy atom. The number of hydrogen-bond donors (Lipinski definition) is 2. The van der Waals surface area contributed by atoms with Crippen molar-refractivity contribution in [2.75, 3.05) is 11.9 Å². The third-order valence-corrected chi connectivity index (χ3v) is 6.89. The summed E-state index contributed by atoms with van der Waals surface area (Å²) >= 11 is 1.61. The molecule has 2 N–H and O–H groups in total. The molecule has 0 fully saturated rings. The van der Waals surface area contributed by atoms with Gasteiger partial charge in [-0.05, 0) is 72.9 Å². The highest BCUT2D eigenvalue weighted by molar-refractivity contribution is 7.08. The van der Waals surface area contributed by atoms with Gasteiger partial charge in [0.2, 0.25) is 0 Å². The van der Waals surface area contributed by atoms with E-state index in [1.54, 1.807) is 30.6 Å². The zero-order valence-electron chi connectivity index (χ0n) is 19.3. The zero-order chi connectivity index (χ0) is 24.4. The summed E-state index contributed by atoms with van der Waals surface area (Å²) in [4.78, 5) is 45.6. The maximum absolute atomic E-state index is 12.9. The van der Waals surface area contributed by atoms with Crippen LogP contribution >= 0.6 is 11.3 Å². The first-order valence-corrected chi connectivity index (χ1v) is 12.6. The molecule has 5 rings (SSSR count). The molecule has 2 aromatic heterocycles. The van der Waals surface area contributed by atoms with Crippen molar-refractivity contribution >= 4 is 58.2 Å². The van der Waals surface area contributed by atoms with Gasteiger partial charge in [0, 0.05) is 52.8 Å². The molecule has 0 spiro atoms. The average molecular weight is 488 g/mol. The number of ketones is 1. The van der Waals surface area contributed by atoms with Gasteiger partial charge in [-0.2, -0.15) is 11.3 Å². The van der Waals surface area contributed by atoms with Gasteiger partial charge in [0.15, 0.2) is 5.78 Å². The Bertz CT molecular complexity index is 1370. The number of aromatic amines is 1. The molecule has 1 aromatic carbocycles. The third kappa shape index (κ3) is 4.74. The second-order valence-electron chi connectivity index (χ2n) is 8.51. The number of rotatable bonds is 7. The molecular weight excluding hydrogens is 462 g/mol. The van der Waals surface area contributed by atoms with E-state index in [1.165, 1.54) is 0 Å². The molecule has 3 heterocycles. The smallest absolute Gasteiger partial charge is 0.306 e. The van der Waals surface area contributed by atoms with Gasteiger partial charge in [-0.3, -0.25) is 19.4 Å². The highest BCUT2D eigenvalue weighted by atomic mass is 32.1. The van der Waals surface area contributed by atoms with E-state index >= 15 is 0 Å². The molecular formula is C27H25N3O4S. The number of carbonyl (C=O) groups excluding carboxylic acids is 3. The number of carbonyl (C=O) groups is 3. The fourth-order valence-corrected chi connectivity index (χ4v) is 5.19. The first-order valence-electron chi connectivity index (χ1n) is 11.7. The molecule has 1 aliphatic heterocycles. The van der Waals surface area contributed by atoms with Gasteiger partial charge < -0.3 is 15.0 Å². The number of benzene rings is 1. The van der Waals surface area contributed by atoms with E-state index in [4.69, 9.17) is 4.74 Å². The van der Waals surface area contributed by atoms with Crippen molar-refractivity contribution in [3.8, 4) is 0 Å². The van der Waals surface area contributed by atoms with Crippen molar-refractivity contribution in [1.82, 2.24) is 4.98 Å². The van der Waals surface area contributed by atoms with E-state index in [2.05, 4.69) is 15.3 Å². The van der Waals surface area contributed by atoms with Crippen LogP contribution in [0.25, 0.3) is 11.6 Å². The van der Waals surface area contributed by atoms with Crippen molar-refractivity contribution in [1.29, 1.82) is 0 Å². The standard InChI is InChI=1S/C27H25N3O4S/c1-2-34-25(32)9-7-18-23(29-22-4-3-5-24(31)26(18)22)13-20-19-12-17(6-8-21(19)30-27(20)33)28-14-16-10-11-35-15-16/h6,8,10-15,29H,2-5,7,9H2,1H3,(H,30,33). The zero-order valence-corrected chi connectivity index (χ0v) is 20.2. The van der Waals surface area contributed by atoms with Crippen LogP contribution in [0.3, 0.4) is 0 Å². The van der Waals surface area contributed by atoms with Crippen LogP contribution in [0.1, 0.15) is 64.6 Å². The van der Waals surface area contributed by atoms with E-state index in [1.807, 2.05) is 35.0 Å². The van der Waals surface area contributed by atoms with Crippen LogP contribution in [0.2, 0.25) is 0 Å². The lowest BCUT2D eigenvalue weighted by atomic mass is 9.91. The largest absolute Gasteiger partial charge is 0.466 e. The van der Waals surface area contributed by atoms with Crippen LogP contribution in [0.15, 0.2) is 40.0 Å². The average Bonchev–Trinajstić information content (AvgIpc) is 3.55. The van der Waals surface area contributed by atoms with Gasteiger partial charge in [0.05, 0.1) is 17.9 Å². The molecule has 8 heteroatoms. The van der Waals surface area contributed by atoms with Crippen molar-refractivity contribution in [2.45, 2.75) is 39.0 Å². The number of anilines is 1. The Morgan fingerprint density at radius 3 is 2.91 bits per heavy atom. The minimum Gasteiger partial charge on any atom is -0.466 e.